The van der Waals surface area contributed by atoms with Crippen LogP contribution in [-0.4, -0.2) is 112 Å². The lowest BCUT2D eigenvalue weighted by Crippen LogP contribution is -2.42. The summed E-state index contributed by atoms with van der Waals surface area (Å²) in [5.41, 5.74) is 6.52. The van der Waals surface area contributed by atoms with E-state index in [1.807, 2.05) is 51.9 Å². The van der Waals surface area contributed by atoms with Gasteiger partial charge in [0.25, 0.3) is 0 Å². The van der Waals surface area contributed by atoms with Crippen molar-refractivity contribution in [1.82, 2.24) is 15.2 Å². The normalized spacial score (nSPS) is 11.3. The van der Waals surface area contributed by atoms with E-state index in [0.717, 1.165) is 69.7 Å². The number of alkyl carbamates (subject to hydrolysis) is 1. The van der Waals surface area contributed by atoms with Crippen LogP contribution in [0.3, 0.4) is 0 Å². The number of nitrogens with one attached hydrogen (secondary N) is 3. The summed E-state index contributed by atoms with van der Waals surface area (Å²) < 4.78 is 33.6. The molecule has 1 aliphatic heterocycles. The molecule has 0 spiro atoms. The number of carbonyl (C=O) groups is 5. The molecule has 17 heteroatoms. The number of amides is 2. The number of anilines is 3. The summed E-state index contributed by atoms with van der Waals surface area (Å²) in [6.07, 6.45) is 0.928. The molecule has 0 saturated carbocycles. The van der Waals surface area contributed by atoms with E-state index >= 15 is 0 Å². The molecule has 1 atom stereocenters. The molecule has 0 fully saturated rings. The summed E-state index contributed by atoms with van der Waals surface area (Å²) in [7, 11) is 11.6. The van der Waals surface area contributed by atoms with Gasteiger partial charge in [-0.25, -0.2) is 14.2 Å². The molecule has 4 rings (SSSR count). The molecule has 0 radical (unpaired) electrons. The lowest BCUT2D eigenvalue weighted by atomic mass is 9.92. The zero-order chi connectivity index (χ0) is 44.6. The van der Waals surface area contributed by atoms with Crippen molar-refractivity contribution in [3.8, 4) is 28.2 Å². The van der Waals surface area contributed by atoms with Crippen LogP contribution in [0.5, 0.6) is 5.75 Å². The van der Waals surface area contributed by atoms with Gasteiger partial charge in [-0.05, 0) is 56.9 Å². The Labute approximate surface area is 356 Å². The van der Waals surface area contributed by atoms with Crippen LogP contribution in [0.4, 0.5) is 21.9 Å². The summed E-state index contributed by atoms with van der Waals surface area (Å²) in [5, 5.41) is 10.5. The van der Waals surface area contributed by atoms with Gasteiger partial charge in [0, 0.05) is 107 Å². The van der Waals surface area contributed by atoms with Gasteiger partial charge in [0.2, 0.25) is 24.9 Å². The first kappa shape index (κ1) is 47.2. The Morgan fingerprint density at radius 1 is 0.836 bits per heavy atom. The number of methoxy groups -OCH3 is 1. The lowest BCUT2D eigenvalue weighted by molar-refractivity contribution is -0.167. The molecule has 1 aliphatic carbocycles. The highest BCUT2D eigenvalue weighted by atomic mass is 16.7. The Bertz CT molecular complexity index is 2220. The first-order valence-electron chi connectivity index (χ1n) is 20.1. The summed E-state index contributed by atoms with van der Waals surface area (Å²) in [6.45, 7) is 4.78. The number of esters is 3. The van der Waals surface area contributed by atoms with Crippen LogP contribution in [0, 0.1) is 0 Å². The minimum Gasteiger partial charge on any atom is -0.496 e. The van der Waals surface area contributed by atoms with E-state index in [9.17, 15) is 24.0 Å². The van der Waals surface area contributed by atoms with E-state index in [0.29, 0.717) is 51.1 Å². The largest absolute Gasteiger partial charge is 0.496 e. The average molecular weight is 848 g/mol. The third-order valence-corrected chi connectivity index (χ3v) is 9.85. The van der Waals surface area contributed by atoms with Gasteiger partial charge in [-0.2, -0.15) is 0 Å². The van der Waals surface area contributed by atoms with Crippen molar-refractivity contribution in [2.45, 2.75) is 58.9 Å². The van der Waals surface area contributed by atoms with Gasteiger partial charge < -0.3 is 53.9 Å². The highest BCUT2D eigenvalue weighted by Crippen LogP contribution is 2.47. The van der Waals surface area contributed by atoms with E-state index in [1.165, 1.54) is 0 Å². The maximum absolute atomic E-state index is 12.9. The SMILES string of the molecule is CCN(CCCC(=O)NCCCCC(NC(=O)OCOC(C)=O)C(=O)OCOC(C)=O)c1cc(OC)c(-c2c3ccc(=[N+](C)C)cc-3oc3cc(NC)ccc23)cc1N(C)C. The maximum atomic E-state index is 12.9. The molecular formula is C44H59N6O11+. The predicted octanol–water partition coefficient (Wildman–Crippen LogP) is 4.92. The van der Waals surface area contributed by atoms with Crippen LogP contribution in [0.15, 0.2) is 52.9 Å². The summed E-state index contributed by atoms with van der Waals surface area (Å²) >= 11 is 0. The van der Waals surface area contributed by atoms with Crippen LogP contribution in [0.25, 0.3) is 33.4 Å². The first-order valence-corrected chi connectivity index (χ1v) is 20.1. The third kappa shape index (κ3) is 13.2. The maximum Gasteiger partial charge on any atom is 0.410 e. The van der Waals surface area contributed by atoms with Gasteiger partial charge in [0.1, 0.15) is 37.2 Å². The molecule has 1 heterocycles. The number of fused-ring (bicyclic) bond motifs is 2. The van der Waals surface area contributed by atoms with Gasteiger partial charge in [-0.15, -0.1) is 0 Å². The molecule has 17 nitrogen and oxygen atoms in total. The molecule has 0 bridgehead atoms. The average Bonchev–Trinajstić information content (AvgIpc) is 3.22. The van der Waals surface area contributed by atoms with Crippen molar-refractivity contribution in [2.75, 3.05) is 90.7 Å². The van der Waals surface area contributed by atoms with Gasteiger partial charge in [-0.3, -0.25) is 14.4 Å². The van der Waals surface area contributed by atoms with E-state index in [4.69, 9.17) is 18.6 Å². The number of carbonyl (C=O) groups excluding carboxylic acids is 5. The van der Waals surface area contributed by atoms with Crippen LogP contribution in [-0.2, 0) is 38.1 Å². The number of hydrogen-bond acceptors (Lipinski definition) is 14. The smallest absolute Gasteiger partial charge is 0.410 e. The van der Waals surface area contributed by atoms with E-state index < -0.39 is 43.6 Å². The van der Waals surface area contributed by atoms with Crippen molar-refractivity contribution < 1.29 is 52.1 Å². The number of unbranched alkanes of at least 4 members (excludes halogenated alkanes) is 1. The first-order chi connectivity index (χ1) is 29.2. The second-order valence-electron chi connectivity index (χ2n) is 14.6. The van der Waals surface area contributed by atoms with Crippen molar-refractivity contribution >= 4 is 57.9 Å². The lowest BCUT2D eigenvalue weighted by Gasteiger charge is -2.30. The Morgan fingerprint density at radius 3 is 2.20 bits per heavy atom. The predicted molar refractivity (Wildman–Crippen MR) is 233 cm³/mol. The molecule has 0 aromatic heterocycles. The van der Waals surface area contributed by atoms with Crippen LogP contribution >= 0.6 is 0 Å². The molecule has 1 unspecified atom stereocenters. The highest BCUT2D eigenvalue weighted by molar-refractivity contribution is 6.05. The zero-order valence-electron chi connectivity index (χ0n) is 36.6. The molecule has 2 aromatic carbocycles. The standard InChI is InChI=1S/C44H58N6O11/c1-10-50(21-13-15-41(53)46-20-12-11-14-35(43(54)59-26-57-28(2)51)47-44(55)60-27-58-29(3)52)37-25-38(56-9)34(24-36(37)49(7)8)42-32-18-16-30(45-4)22-39(32)61-40-23-31(48(5)6)17-19-33(40)42/h16-19,22-25,35H,10-15,20-21,26-27H2,1-9H3,(H2,46,47,53,55)/p+1. The van der Waals surface area contributed by atoms with Gasteiger partial charge in [0.05, 0.1) is 24.6 Å². The molecule has 61 heavy (non-hydrogen) atoms. The summed E-state index contributed by atoms with van der Waals surface area (Å²) in [6, 6.07) is 15.4. The van der Waals surface area contributed by atoms with Gasteiger partial charge >= 0.3 is 24.0 Å². The van der Waals surface area contributed by atoms with E-state index in [2.05, 4.69) is 78.5 Å². The van der Waals surface area contributed by atoms with Crippen molar-refractivity contribution in [1.29, 1.82) is 0 Å². The molecule has 2 aliphatic rings. The van der Waals surface area contributed by atoms with Crippen LogP contribution in [0.2, 0.25) is 0 Å². The summed E-state index contributed by atoms with van der Waals surface area (Å²) in [5.74, 6) is -0.799. The minimum absolute atomic E-state index is 0.117. The quantitative estimate of drug-likeness (QED) is 0.0337. The fourth-order valence-electron chi connectivity index (χ4n) is 6.68. The Morgan fingerprint density at radius 2 is 1.56 bits per heavy atom. The Balaban J connectivity index is 1.43. The fraction of sp³-hybridized carbons (Fsp3) is 0.455. The van der Waals surface area contributed by atoms with Crippen molar-refractivity contribution in [2.24, 2.45) is 0 Å². The van der Waals surface area contributed by atoms with Crippen LogP contribution in [0.1, 0.15) is 52.9 Å². The number of ether oxygens (including phenoxy) is 5. The second-order valence-corrected chi connectivity index (χ2v) is 14.6. The molecular weight excluding hydrogens is 789 g/mol. The highest BCUT2D eigenvalue weighted by Gasteiger charge is 2.25. The molecule has 3 N–H and O–H groups in total. The number of benzene rings is 3. The Kier molecular flexibility index (Phi) is 17.6. The third-order valence-electron chi connectivity index (χ3n) is 9.85. The van der Waals surface area contributed by atoms with E-state index in [1.54, 1.807) is 7.11 Å². The van der Waals surface area contributed by atoms with Crippen LogP contribution < -0.4 is 40.4 Å². The number of rotatable bonds is 21. The monoisotopic (exact) mass is 847 g/mol. The Hall–Kier alpha value is -6.52. The molecule has 0 saturated heterocycles. The van der Waals surface area contributed by atoms with E-state index in [-0.39, 0.29) is 12.3 Å². The minimum atomic E-state index is -1.14. The molecule has 2 amide bonds. The second kappa shape index (κ2) is 22.7. The number of nitrogens with zero attached hydrogens (tertiary/aromatic N) is 3. The molecule has 2 aromatic rings. The zero-order valence-corrected chi connectivity index (χ0v) is 36.6. The van der Waals surface area contributed by atoms with Gasteiger partial charge in [-0.1, -0.05) is 0 Å². The molecule has 330 valence electrons. The van der Waals surface area contributed by atoms with Crippen molar-refractivity contribution in [3.05, 3.63) is 53.9 Å². The number of hydrogen-bond donors (Lipinski definition) is 3. The van der Waals surface area contributed by atoms with Crippen molar-refractivity contribution in [3.63, 3.8) is 0 Å². The summed E-state index contributed by atoms with van der Waals surface area (Å²) in [4.78, 5) is 64.0. The fourth-order valence-corrected chi connectivity index (χ4v) is 6.68. The van der Waals surface area contributed by atoms with Gasteiger partial charge in [0.15, 0.2) is 0 Å². The topological polar surface area (TPSA) is 190 Å².